The largest absolute Gasteiger partial charge is 0.329 e. The highest BCUT2D eigenvalue weighted by atomic mass is 15.0. The molecule has 2 nitrogen and oxygen atoms in total. The Morgan fingerprint density at radius 3 is 2.57 bits per heavy atom. The third-order valence-electron chi connectivity index (χ3n) is 3.35. The lowest BCUT2D eigenvalue weighted by Crippen LogP contribution is -2.53. The maximum Gasteiger partial charge on any atom is 0.0581 e. The average molecular weight is 194 g/mol. The van der Waals surface area contributed by atoms with E-state index in [1.165, 1.54) is 25.7 Å². The predicted molar refractivity (Wildman–Crippen MR) is 60.9 cm³/mol. The highest BCUT2D eigenvalue weighted by Gasteiger charge is 2.31. The molecule has 1 aliphatic carbocycles. The maximum atomic E-state index is 5.86. The number of hydrogen-bond donors (Lipinski definition) is 2. The summed E-state index contributed by atoms with van der Waals surface area (Å²) >= 11 is 0. The van der Waals surface area contributed by atoms with Crippen molar-refractivity contribution in [2.45, 2.75) is 45.1 Å². The fourth-order valence-electron chi connectivity index (χ4n) is 2.09. The van der Waals surface area contributed by atoms with Crippen LogP contribution >= 0.6 is 0 Å². The molecule has 1 fully saturated rings. The summed E-state index contributed by atoms with van der Waals surface area (Å²) in [7, 11) is 0. The van der Waals surface area contributed by atoms with Crippen molar-refractivity contribution in [3.05, 3.63) is 0 Å². The Morgan fingerprint density at radius 1 is 1.43 bits per heavy atom. The Kier molecular flexibility index (Phi) is 4.44. The molecule has 0 amide bonds. The summed E-state index contributed by atoms with van der Waals surface area (Å²) in [6.07, 6.45) is 5.00. The third kappa shape index (κ3) is 3.01. The average Bonchev–Trinajstić information content (AvgIpc) is 2.22. The first-order valence-electron chi connectivity index (χ1n) is 5.57. The summed E-state index contributed by atoms with van der Waals surface area (Å²) in [5, 5.41) is 3.51. The Bertz CT molecular complexity index is 216. The van der Waals surface area contributed by atoms with Crippen LogP contribution in [0.4, 0.5) is 0 Å². The van der Waals surface area contributed by atoms with Crippen LogP contribution in [0.15, 0.2) is 0 Å². The lowest BCUT2D eigenvalue weighted by molar-refractivity contribution is 0.209. The molecule has 0 aromatic heterocycles. The van der Waals surface area contributed by atoms with Crippen molar-refractivity contribution < 1.29 is 0 Å². The molecule has 0 aromatic rings. The van der Waals surface area contributed by atoms with Crippen LogP contribution in [0.3, 0.4) is 0 Å². The monoisotopic (exact) mass is 194 g/mol. The van der Waals surface area contributed by atoms with E-state index in [4.69, 9.17) is 5.73 Å². The van der Waals surface area contributed by atoms with Gasteiger partial charge in [0.2, 0.25) is 0 Å². The van der Waals surface area contributed by atoms with Gasteiger partial charge in [-0.3, -0.25) is 5.32 Å². The first kappa shape index (κ1) is 11.6. The quantitative estimate of drug-likeness (QED) is 0.668. The molecule has 0 aromatic carbocycles. The summed E-state index contributed by atoms with van der Waals surface area (Å²) in [5.41, 5.74) is 6.03. The van der Waals surface area contributed by atoms with Crippen molar-refractivity contribution in [3.8, 4) is 11.8 Å². The van der Waals surface area contributed by atoms with Crippen LogP contribution in [0, 0.1) is 17.8 Å². The van der Waals surface area contributed by atoms with Crippen molar-refractivity contribution in [2.24, 2.45) is 11.7 Å². The van der Waals surface area contributed by atoms with Gasteiger partial charge >= 0.3 is 0 Å². The van der Waals surface area contributed by atoms with E-state index in [9.17, 15) is 0 Å². The fraction of sp³-hybridized carbons (Fsp3) is 0.833. The lowest BCUT2D eigenvalue weighted by atomic mass is 9.77. The van der Waals surface area contributed by atoms with Crippen molar-refractivity contribution in [1.29, 1.82) is 0 Å². The SMILES string of the molecule is CC#CCNC1(CN)CCC(C)CC1. The fourth-order valence-corrected chi connectivity index (χ4v) is 2.09. The second kappa shape index (κ2) is 5.38. The van der Waals surface area contributed by atoms with Gasteiger partial charge in [0.05, 0.1) is 6.54 Å². The molecule has 0 heterocycles. The molecule has 1 rings (SSSR count). The van der Waals surface area contributed by atoms with Gasteiger partial charge in [0.15, 0.2) is 0 Å². The van der Waals surface area contributed by atoms with Gasteiger partial charge in [-0.1, -0.05) is 12.8 Å². The first-order chi connectivity index (χ1) is 6.72. The van der Waals surface area contributed by atoms with Gasteiger partial charge in [-0.2, -0.15) is 0 Å². The highest BCUT2D eigenvalue weighted by molar-refractivity contribution is 5.02. The second-order valence-electron chi connectivity index (χ2n) is 4.45. The summed E-state index contributed by atoms with van der Waals surface area (Å²) in [5.74, 6) is 6.82. The van der Waals surface area contributed by atoms with E-state index < -0.39 is 0 Å². The van der Waals surface area contributed by atoms with Crippen molar-refractivity contribution in [2.75, 3.05) is 13.1 Å². The van der Waals surface area contributed by atoms with E-state index in [1.54, 1.807) is 0 Å². The molecule has 3 N–H and O–H groups in total. The standard InChI is InChI=1S/C12H22N2/c1-3-4-9-14-12(10-13)7-5-11(2)6-8-12/h11,14H,5-10,13H2,1-2H3. The van der Waals surface area contributed by atoms with Crippen LogP contribution in [-0.4, -0.2) is 18.6 Å². The Labute approximate surface area is 87.6 Å². The molecule has 0 bridgehead atoms. The Hall–Kier alpha value is -0.520. The maximum absolute atomic E-state index is 5.86. The van der Waals surface area contributed by atoms with Crippen LogP contribution in [-0.2, 0) is 0 Å². The van der Waals surface area contributed by atoms with Crippen molar-refractivity contribution in [3.63, 3.8) is 0 Å². The molecular formula is C12H22N2. The summed E-state index contributed by atoms with van der Waals surface area (Å²) < 4.78 is 0. The van der Waals surface area contributed by atoms with Crippen molar-refractivity contribution >= 4 is 0 Å². The zero-order chi connectivity index (χ0) is 10.4. The van der Waals surface area contributed by atoms with Crippen LogP contribution in [0.5, 0.6) is 0 Å². The molecule has 80 valence electrons. The van der Waals surface area contributed by atoms with Crippen LogP contribution in [0.2, 0.25) is 0 Å². The Balaban J connectivity index is 2.44. The van der Waals surface area contributed by atoms with Gasteiger partial charge in [-0.15, -0.1) is 5.92 Å². The highest BCUT2D eigenvalue weighted by Crippen LogP contribution is 2.30. The number of rotatable bonds is 3. The summed E-state index contributed by atoms with van der Waals surface area (Å²) in [6.45, 7) is 5.72. The van der Waals surface area contributed by atoms with Gasteiger partial charge < -0.3 is 5.73 Å². The molecule has 0 saturated heterocycles. The van der Waals surface area contributed by atoms with Crippen LogP contribution in [0.25, 0.3) is 0 Å². The van der Waals surface area contributed by atoms with Crippen molar-refractivity contribution in [1.82, 2.24) is 5.32 Å². The van der Waals surface area contributed by atoms with E-state index >= 15 is 0 Å². The number of hydrogen-bond acceptors (Lipinski definition) is 2. The molecule has 0 aliphatic heterocycles. The smallest absolute Gasteiger partial charge is 0.0581 e. The minimum absolute atomic E-state index is 0.177. The van der Waals surface area contributed by atoms with Gasteiger partial charge in [0.25, 0.3) is 0 Å². The van der Waals surface area contributed by atoms with E-state index in [2.05, 4.69) is 24.1 Å². The first-order valence-corrected chi connectivity index (χ1v) is 5.57. The molecule has 0 atom stereocenters. The van der Waals surface area contributed by atoms with Gasteiger partial charge in [-0.05, 0) is 38.5 Å². The molecular weight excluding hydrogens is 172 g/mol. The summed E-state index contributed by atoms with van der Waals surface area (Å²) in [6, 6.07) is 0. The van der Waals surface area contributed by atoms with E-state index in [-0.39, 0.29) is 5.54 Å². The normalized spacial score (nSPS) is 32.1. The van der Waals surface area contributed by atoms with E-state index in [0.717, 1.165) is 19.0 Å². The Morgan fingerprint density at radius 2 is 2.07 bits per heavy atom. The van der Waals surface area contributed by atoms with Crippen LogP contribution in [0.1, 0.15) is 39.5 Å². The minimum Gasteiger partial charge on any atom is -0.329 e. The minimum atomic E-state index is 0.177. The zero-order valence-electron chi connectivity index (χ0n) is 9.40. The zero-order valence-corrected chi connectivity index (χ0v) is 9.40. The molecule has 1 saturated carbocycles. The molecule has 0 radical (unpaired) electrons. The second-order valence-corrected chi connectivity index (χ2v) is 4.45. The third-order valence-corrected chi connectivity index (χ3v) is 3.35. The lowest BCUT2D eigenvalue weighted by Gasteiger charge is -2.39. The van der Waals surface area contributed by atoms with Gasteiger partial charge in [-0.25, -0.2) is 0 Å². The number of nitrogens with one attached hydrogen (secondary N) is 1. The summed E-state index contributed by atoms with van der Waals surface area (Å²) in [4.78, 5) is 0. The molecule has 1 aliphatic rings. The molecule has 2 heteroatoms. The molecule has 0 spiro atoms. The van der Waals surface area contributed by atoms with Gasteiger partial charge in [0.1, 0.15) is 0 Å². The van der Waals surface area contributed by atoms with Gasteiger partial charge in [0, 0.05) is 12.1 Å². The number of nitrogens with two attached hydrogens (primary N) is 1. The predicted octanol–water partition coefficient (Wildman–Crippen LogP) is 1.51. The van der Waals surface area contributed by atoms with Crippen LogP contribution < -0.4 is 11.1 Å². The molecule has 14 heavy (non-hydrogen) atoms. The van der Waals surface area contributed by atoms with E-state index in [0.29, 0.717) is 0 Å². The topological polar surface area (TPSA) is 38.0 Å². The molecule has 0 unspecified atom stereocenters. The van der Waals surface area contributed by atoms with E-state index in [1.807, 2.05) is 6.92 Å².